The van der Waals surface area contributed by atoms with Crippen molar-refractivity contribution in [3.05, 3.63) is 47.2 Å². The van der Waals surface area contributed by atoms with Gasteiger partial charge in [0.05, 0.1) is 6.54 Å². The van der Waals surface area contributed by atoms with Gasteiger partial charge in [-0.15, -0.1) is 4.99 Å². The number of hydrogen-bond donors (Lipinski definition) is 0. The molecule has 0 radical (unpaired) electrons. The summed E-state index contributed by atoms with van der Waals surface area (Å²) in [6, 6.07) is 11.4. The molecule has 0 N–H and O–H groups in total. The van der Waals surface area contributed by atoms with Crippen LogP contribution in [0.15, 0.2) is 45.8 Å². The van der Waals surface area contributed by atoms with E-state index in [4.69, 9.17) is 21.3 Å². The van der Waals surface area contributed by atoms with Crippen LogP contribution in [0.25, 0.3) is 11.3 Å². The molecule has 0 saturated carbocycles. The third-order valence-corrected chi connectivity index (χ3v) is 4.39. The highest BCUT2D eigenvalue weighted by atomic mass is 35.5. The van der Waals surface area contributed by atoms with Gasteiger partial charge in [-0.1, -0.05) is 23.4 Å². The molecule has 106 valence electrons. The molecule has 1 fully saturated rings. The molecule has 3 rings (SSSR count). The van der Waals surface area contributed by atoms with Gasteiger partial charge in [0.2, 0.25) is 6.19 Å². The van der Waals surface area contributed by atoms with Crippen LogP contribution in [0, 0.1) is 11.5 Å². The van der Waals surface area contributed by atoms with Crippen LogP contribution in [-0.2, 0) is 6.54 Å². The molecular weight excluding hydrogens is 306 g/mol. The van der Waals surface area contributed by atoms with E-state index in [9.17, 15) is 0 Å². The molecule has 4 nitrogen and oxygen atoms in total. The molecule has 2 aromatic rings. The molecule has 0 bridgehead atoms. The molecule has 1 saturated heterocycles. The monoisotopic (exact) mass is 317 g/mol. The lowest BCUT2D eigenvalue weighted by Crippen LogP contribution is -2.23. The van der Waals surface area contributed by atoms with Crippen molar-refractivity contribution in [2.45, 2.75) is 6.54 Å². The third kappa shape index (κ3) is 3.23. The van der Waals surface area contributed by atoms with Gasteiger partial charge in [-0.25, -0.2) is 0 Å². The second kappa shape index (κ2) is 6.25. The first-order valence-electron chi connectivity index (χ1n) is 6.45. The average molecular weight is 318 g/mol. The van der Waals surface area contributed by atoms with Gasteiger partial charge in [-0.05, 0) is 36.4 Å². The SMILES string of the molecule is N#CN=C1SCCN1Cc1ccc(-c2ccc(Cl)cc2)o1. The molecule has 6 heteroatoms. The van der Waals surface area contributed by atoms with Crippen molar-refractivity contribution in [1.82, 2.24) is 4.90 Å². The Hall–Kier alpha value is -1.90. The van der Waals surface area contributed by atoms with E-state index < -0.39 is 0 Å². The summed E-state index contributed by atoms with van der Waals surface area (Å²) in [6.45, 7) is 1.50. The van der Waals surface area contributed by atoms with Crippen molar-refractivity contribution >= 4 is 28.5 Å². The van der Waals surface area contributed by atoms with E-state index in [1.807, 2.05) is 42.6 Å². The van der Waals surface area contributed by atoms with E-state index in [-0.39, 0.29) is 0 Å². The second-order valence-corrected chi connectivity index (χ2v) is 6.04. The Bertz CT molecular complexity index is 702. The number of aliphatic imine (C=N–C) groups is 1. The van der Waals surface area contributed by atoms with E-state index >= 15 is 0 Å². The number of thioether (sulfide) groups is 1. The first-order valence-corrected chi connectivity index (χ1v) is 7.82. The summed E-state index contributed by atoms with van der Waals surface area (Å²) in [6.07, 6.45) is 1.84. The molecule has 0 amide bonds. The van der Waals surface area contributed by atoms with Crippen molar-refractivity contribution in [2.75, 3.05) is 12.3 Å². The number of rotatable bonds is 3. The molecule has 21 heavy (non-hydrogen) atoms. The normalized spacial score (nSPS) is 16.4. The molecular formula is C15H12ClN3OS. The summed E-state index contributed by atoms with van der Waals surface area (Å²) in [4.78, 5) is 5.88. The maximum atomic E-state index is 8.67. The smallest absolute Gasteiger partial charge is 0.208 e. The molecule has 2 heterocycles. The first-order chi connectivity index (χ1) is 10.3. The summed E-state index contributed by atoms with van der Waals surface area (Å²) in [7, 11) is 0. The van der Waals surface area contributed by atoms with Crippen molar-refractivity contribution < 1.29 is 4.42 Å². The fourth-order valence-corrected chi connectivity index (χ4v) is 3.21. The number of nitriles is 1. The molecule has 1 aromatic heterocycles. The van der Waals surface area contributed by atoms with Gasteiger partial charge in [0, 0.05) is 22.9 Å². The van der Waals surface area contributed by atoms with Gasteiger partial charge < -0.3 is 9.32 Å². The Morgan fingerprint density at radius 1 is 1.29 bits per heavy atom. The molecule has 0 atom stereocenters. The summed E-state index contributed by atoms with van der Waals surface area (Å²) >= 11 is 7.48. The fraction of sp³-hybridized carbons (Fsp3) is 0.200. The zero-order valence-corrected chi connectivity index (χ0v) is 12.7. The van der Waals surface area contributed by atoms with Crippen molar-refractivity contribution in [2.24, 2.45) is 4.99 Å². The largest absolute Gasteiger partial charge is 0.459 e. The molecule has 1 aromatic carbocycles. The van der Waals surface area contributed by atoms with E-state index in [0.717, 1.165) is 34.5 Å². The summed E-state index contributed by atoms with van der Waals surface area (Å²) in [5, 5.41) is 10.1. The van der Waals surface area contributed by atoms with Crippen LogP contribution in [-0.4, -0.2) is 22.4 Å². The summed E-state index contributed by atoms with van der Waals surface area (Å²) in [5.74, 6) is 2.62. The lowest BCUT2D eigenvalue weighted by atomic mass is 10.2. The molecule has 0 aliphatic carbocycles. The maximum Gasteiger partial charge on any atom is 0.208 e. The van der Waals surface area contributed by atoms with Crippen LogP contribution in [0.1, 0.15) is 5.76 Å². The second-order valence-electron chi connectivity index (χ2n) is 4.54. The quantitative estimate of drug-likeness (QED) is 0.803. The van der Waals surface area contributed by atoms with Gasteiger partial charge in [0.15, 0.2) is 5.17 Å². The van der Waals surface area contributed by atoms with Gasteiger partial charge in [0.25, 0.3) is 0 Å². The Morgan fingerprint density at radius 3 is 2.86 bits per heavy atom. The van der Waals surface area contributed by atoms with Crippen molar-refractivity contribution in [3.63, 3.8) is 0 Å². The average Bonchev–Trinajstić information content (AvgIpc) is 3.11. The van der Waals surface area contributed by atoms with E-state index in [0.29, 0.717) is 11.6 Å². The Labute approximate surface area is 132 Å². The first kappa shape index (κ1) is 14.1. The Morgan fingerprint density at radius 2 is 2.10 bits per heavy atom. The van der Waals surface area contributed by atoms with Gasteiger partial charge in [-0.3, -0.25) is 0 Å². The predicted octanol–water partition coefficient (Wildman–Crippen LogP) is 3.99. The van der Waals surface area contributed by atoms with Gasteiger partial charge in [0.1, 0.15) is 11.5 Å². The predicted molar refractivity (Wildman–Crippen MR) is 85.1 cm³/mol. The van der Waals surface area contributed by atoms with Gasteiger partial charge >= 0.3 is 0 Å². The van der Waals surface area contributed by atoms with Crippen LogP contribution in [0.5, 0.6) is 0 Å². The summed E-state index contributed by atoms with van der Waals surface area (Å²) < 4.78 is 5.87. The van der Waals surface area contributed by atoms with Crippen LogP contribution in [0.2, 0.25) is 5.02 Å². The number of nitrogens with zero attached hydrogens (tertiary/aromatic N) is 3. The molecule has 0 unspecified atom stereocenters. The minimum Gasteiger partial charge on any atom is -0.459 e. The number of halogens is 1. The molecule has 1 aliphatic rings. The molecule has 1 aliphatic heterocycles. The van der Waals surface area contributed by atoms with Crippen LogP contribution < -0.4 is 0 Å². The summed E-state index contributed by atoms with van der Waals surface area (Å²) in [5.41, 5.74) is 0.993. The van der Waals surface area contributed by atoms with Crippen LogP contribution in [0.3, 0.4) is 0 Å². The van der Waals surface area contributed by atoms with E-state index in [1.165, 1.54) is 0 Å². The Kier molecular flexibility index (Phi) is 4.18. The Balaban J connectivity index is 1.75. The van der Waals surface area contributed by atoms with Crippen molar-refractivity contribution in [3.8, 4) is 17.5 Å². The maximum absolute atomic E-state index is 8.67. The zero-order valence-electron chi connectivity index (χ0n) is 11.1. The molecule has 0 spiro atoms. The fourth-order valence-electron chi connectivity index (χ4n) is 2.15. The highest BCUT2D eigenvalue weighted by Crippen LogP contribution is 2.26. The topological polar surface area (TPSA) is 52.5 Å². The van der Waals surface area contributed by atoms with Crippen molar-refractivity contribution in [1.29, 1.82) is 5.26 Å². The van der Waals surface area contributed by atoms with Crippen LogP contribution in [0.4, 0.5) is 0 Å². The highest BCUT2D eigenvalue weighted by molar-refractivity contribution is 8.14. The number of furan rings is 1. The lowest BCUT2D eigenvalue weighted by Gasteiger charge is -2.14. The van der Waals surface area contributed by atoms with Crippen LogP contribution >= 0.6 is 23.4 Å². The number of amidine groups is 1. The van der Waals surface area contributed by atoms with E-state index in [1.54, 1.807) is 11.8 Å². The standard InChI is InChI=1S/C15H12ClN3OS/c16-12-3-1-11(2-4-12)14-6-5-13(20-14)9-19-7-8-21-15(19)18-10-17/h1-6H,7-9H2. The van der Waals surface area contributed by atoms with E-state index in [2.05, 4.69) is 9.89 Å². The third-order valence-electron chi connectivity index (χ3n) is 3.15. The number of benzene rings is 1. The minimum absolute atomic E-state index is 0.626. The number of hydrogen-bond acceptors (Lipinski definition) is 4. The highest BCUT2D eigenvalue weighted by Gasteiger charge is 2.20. The van der Waals surface area contributed by atoms with Gasteiger partial charge in [-0.2, -0.15) is 5.26 Å². The zero-order chi connectivity index (χ0) is 14.7. The minimum atomic E-state index is 0.626. The lowest BCUT2D eigenvalue weighted by molar-refractivity contribution is 0.392.